The fraction of sp³-hybridized carbons (Fsp3) is 0.250. The molecule has 3 rings (SSSR count). The van der Waals surface area contributed by atoms with Crippen LogP contribution in [0, 0.1) is 0 Å². The van der Waals surface area contributed by atoms with Crippen molar-refractivity contribution in [3.63, 3.8) is 0 Å². The van der Waals surface area contributed by atoms with Gasteiger partial charge in [0.05, 0.1) is 6.33 Å². The molecule has 0 unspecified atom stereocenters. The van der Waals surface area contributed by atoms with Crippen molar-refractivity contribution in [2.24, 2.45) is 0 Å². The molecular formula is C12H13N3. The van der Waals surface area contributed by atoms with Gasteiger partial charge in [-0.1, -0.05) is 12.1 Å². The van der Waals surface area contributed by atoms with Crippen LogP contribution in [-0.2, 0) is 13.0 Å². The smallest absolute Gasteiger partial charge is 0.0949 e. The number of hydrogen-bond donors (Lipinski definition) is 1. The Morgan fingerprint density at radius 1 is 1.40 bits per heavy atom. The summed E-state index contributed by atoms with van der Waals surface area (Å²) in [6.45, 7) is 1.98. The zero-order chi connectivity index (χ0) is 10.1. The van der Waals surface area contributed by atoms with E-state index in [2.05, 4.69) is 33.1 Å². The minimum absolute atomic E-state index is 0.910. The van der Waals surface area contributed by atoms with Crippen LogP contribution in [0.25, 0.3) is 0 Å². The second kappa shape index (κ2) is 3.42. The number of nitrogens with one attached hydrogen (secondary N) is 1. The molecule has 1 aromatic heterocycles. The molecule has 0 radical (unpaired) electrons. The lowest BCUT2D eigenvalue weighted by atomic mass is 10.1. The van der Waals surface area contributed by atoms with Crippen molar-refractivity contribution in [3.8, 4) is 0 Å². The maximum Gasteiger partial charge on any atom is 0.0949 e. The highest BCUT2D eigenvalue weighted by atomic mass is 15.0. The molecule has 1 aliphatic heterocycles. The van der Waals surface area contributed by atoms with Gasteiger partial charge < -0.3 is 9.88 Å². The van der Waals surface area contributed by atoms with E-state index in [9.17, 15) is 0 Å². The molecule has 0 bridgehead atoms. The Morgan fingerprint density at radius 2 is 2.40 bits per heavy atom. The molecule has 3 heteroatoms. The van der Waals surface area contributed by atoms with Crippen LogP contribution in [0.15, 0.2) is 36.9 Å². The lowest BCUT2D eigenvalue weighted by molar-refractivity contribution is 0.796. The summed E-state index contributed by atoms with van der Waals surface area (Å²) in [5.41, 5.74) is 4.08. The fourth-order valence-corrected chi connectivity index (χ4v) is 2.05. The quantitative estimate of drug-likeness (QED) is 0.800. The highest BCUT2D eigenvalue weighted by Gasteiger charge is 2.09. The third-order valence-electron chi connectivity index (χ3n) is 2.80. The lowest BCUT2D eigenvalue weighted by Crippen LogP contribution is -1.96. The molecule has 0 atom stereocenters. The van der Waals surface area contributed by atoms with Gasteiger partial charge in [0.1, 0.15) is 0 Å². The molecule has 2 heterocycles. The van der Waals surface area contributed by atoms with Crippen LogP contribution in [0.4, 0.5) is 5.69 Å². The average Bonchev–Trinajstić information content (AvgIpc) is 2.87. The van der Waals surface area contributed by atoms with Crippen LogP contribution in [-0.4, -0.2) is 16.1 Å². The molecule has 1 N–H and O–H groups in total. The van der Waals surface area contributed by atoms with E-state index in [4.69, 9.17) is 0 Å². The van der Waals surface area contributed by atoms with Crippen molar-refractivity contribution < 1.29 is 0 Å². The highest BCUT2D eigenvalue weighted by molar-refractivity contribution is 5.56. The molecular weight excluding hydrogens is 186 g/mol. The molecule has 0 saturated carbocycles. The van der Waals surface area contributed by atoms with Crippen LogP contribution in [0.3, 0.4) is 0 Å². The zero-order valence-electron chi connectivity index (χ0n) is 8.48. The Bertz CT molecular complexity index is 460. The van der Waals surface area contributed by atoms with Crippen molar-refractivity contribution in [3.05, 3.63) is 48.0 Å². The SMILES string of the molecule is c1cn(Cc2ccc3c(c2)CCN3)cn1. The Labute approximate surface area is 88.8 Å². The van der Waals surface area contributed by atoms with E-state index in [1.54, 1.807) is 0 Å². The first-order valence-corrected chi connectivity index (χ1v) is 5.23. The van der Waals surface area contributed by atoms with Crippen LogP contribution < -0.4 is 5.32 Å². The first-order chi connectivity index (χ1) is 7.42. The van der Waals surface area contributed by atoms with Gasteiger partial charge in [-0.25, -0.2) is 4.98 Å². The normalized spacial score (nSPS) is 13.6. The van der Waals surface area contributed by atoms with Crippen molar-refractivity contribution in [2.75, 3.05) is 11.9 Å². The third kappa shape index (κ3) is 1.61. The number of benzene rings is 1. The molecule has 2 aromatic rings. The molecule has 0 aliphatic carbocycles. The van der Waals surface area contributed by atoms with Crippen molar-refractivity contribution in [1.82, 2.24) is 9.55 Å². The first kappa shape index (κ1) is 8.53. The van der Waals surface area contributed by atoms with Gasteiger partial charge in [-0.15, -0.1) is 0 Å². The van der Waals surface area contributed by atoms with Gasteiger partial charge in [0.2, 0.25) is 0 Å². The number of hydrogen-bond acceptors (Lipinski definition) is 2. The molecule has 0 saturated heterocycles. The van der Waals surface area contributed by atoms with Crippen molar-refractivity contribution in [1.29, 1.82) is 0 Å². The third-order valence-corrected chi connectivity index (χ3v) is 2.80. The standard InChI is InChI=1S/C12H13N3/c1-2-12-11(3-4-14-12)7-10(1)8-15-6-5-13-9-15/h1-2,5-7,9,14H,3-4,8H2. The molecule has 0 fully saturated rings. The van der Waals surface area contributed by atoms with Gasteiger partial charge in [-0.05, 0) is 23.6 Å². The molecule has 0 amide bonds. The first-order valence-electron chi connectivity index (χ1n) is 5.23. The van der Waals surface area contributed by atoms with Gasteiger partial charge in [0.15, 0.2) is 0 Å². The average molecular weight is 199 g/mol. The Hall–Kier alpha value is -1.77. The van der Waals surface area contributed by atoms with Crippen molar-refractivity contribution >= 4 is 5.69 Å². The van der Waals surface area contributed by atoms with Gasteiger partial charge in [0, 0.05) is 31.2 Å². The molecule has 0 spiro atoms. The largest absolute Gasteiger partial charge is 0.384 e. The summed E-state index contributed by atoms with van der Waals surface area (Å²) in [7, 11) is 0. The van der Waals surface area contributed by atoms with Gasteiger partial charge in [-0.3, -0.25) is 0 Å². The Balaban J connectivity index is 1.87. The van der Waals surface area contributed by atoms with Crippen molar-refractivity contribution in [2.45, 2.75) is 13.0 Å². The van der Waals surface area contributed by atoms with E-state index in [0.29, 0.717) is 0 Å². The van der Waals surface area contributed by atoms with E-state index >= 15 is 0 Å². The summed E-state index contributed by atoms with van der Waals surface area (Å²) in [5.74, 6) is 0. The molecule has 76 valence electrons. The number of anilines is 1. The maximum absolute atomic E-state index is 4.04. The summed E-state index contributed by atoms with van der Waals surface area (Å²) in [5, 5.41) is 3.37. The second-order valence-electron chi connectivity index (χ2n) is 3.90. The van der Waals surface area contributed by atoms with Crippen LogP contribution in [0.5, 0.6) is 0 Å². The fourth-order valence-electron chi connectivity index (χ4n) is 2.05. The highest BCUT2D eigenvalue weighted by Crippen LogP contribution is 2.23. The minimum Gasteiger partial charge on any atom is -0.384 e. The molecule has 3 nitrogen and oxygen atoms in total. The maximum atomic E-state index is 4.04. The molecule has 15 heavy (non-hydrogen) atoms. The topological polar surface area (TPSA) is 29.9 Å². The number of imidazole rings is 1. The van der Waals surface area contributed by atoms with Crippen LogP contribution >= 0.6 is 0 Å². The van der Waals surface area contributed by atoms with Crippen LogP contribution in [0.1, 0.15) is 11.1 Å². The Morgan fingerprint density at radius 3 is 3.27 bits per heavy atom. The predicted octanol–water partition coefficient (Wildman–Crippen LogP) is 1.90. The summed E-state index contributed by atoms with van der Waals surface area (Å²) >= 11 is 0. The lowest BCUT2D eigenvalue weighted by Gasteiger charge is -2.05. The van der Waals surface area contributed by atoms with Gasteiger partial charge >= 0.3 is 0 Å². The predicted molar refractivity (Wildman–Crippen MR) is 60.0 cm³/mol. The summed E-state index contributed by atoms with van der Waals surface area (Å²) in [6.07, 6.45) is 6.80. The zero-order valence-corrected chi connectivity index (χ0v) is 8.48. The monoisotopic (exact) mass is 199 g/mol. The summed E-state index contributed by atoms with van der Waals surface area (Å²) < 4.78 is 2.09. The molecule has 1 aliphatic rings. The summed E-state index contributed by atoms with van der Waals surface area (Å²) in [6, 6.07) is 6.64. The number of aromatic nitrogens is 2. The number of rotatable bonds is 2. The Kier molecular flexibility index (Phi) is 1.95. The summed E-state index contributed by atoms with van der Waals surface area (Å²) in [4.78, 5) is 4.04. The van der Waals surface area contributed by atoms with E-state index < -0.39 is 0 Å². The number of fused-ring (bicyclic) bond motifs is 1. The minimum atomic E-state index is 0.910. The molecule has 1 aromatic carbocycles. The van der Waals surface area contributed by atoms with E-state index in [1.165, 1.54) is 16.8 Å². The van der Waals surface area contributed by atoms with E-state index in [0.717, 1.165) is 19.5 Å². The van der Waals surface area contributed by atoms with Gasteiger partial charge in [0.25, 0.3) is 0 Å². The second-order valence-corrected chi connectivity index (χ2v) is 3.90. The van der Waals surface area contributed by atoms with E-state index in [-0.39, 0.29) is 0 Å². The van der Waals surface area contributed by atoms with E-state index in [1.807, 2.05) is 18.7 Å². The number of nitrogens with zero attached hydrogens (tertiary/aromatic N) is 2. The van der Waals surface area contributed by atoms with Gasteiger partial charge in [-0.2, -0.15) is 0 Å². The van der Waals surface area contributed by atoms with Crippen LogP contribution in [0.2, 0.25) is 0 Å².